The number of esters is 1. The van der Waals surface area contributed by atoms with Crippen LogP contribution in [0.3, 0.4) is 0 Å². The van der Waals surface area contributed by atoms with Crippen LogP contribution in [-0.4, -0.2) is 53.6 Å². The number of aliphatic imine (C=N–C) groups is 1. The molecule has 0 N–H and O–H groups in total. The highest BCUT2D eigenvalue weighted by atomic mass is 16.6. The molecule has 0 heterocycles. The highest BCUT2D eigenvalue weighted by Gasteiger charge is 2.63. The van der Waals surface area contributed by atoms with E-state index in [0.717, 1.165) is 22.7 Å². The standard InChI is InChI=1S/C24H40N2O6.C11H22/c1-10-18(25-11-2)24(19(27)30-12-3)16-17(24)14-13-15-26(20(28)31-22(4,5)6)21(29)32-23(7,8)9;1-4-10(3)11-7-5-9(2)6-8-11/h10-11,17H,12-16H2,1-9H3;9-11H,4-8H2,1-3H3/b18-10-,25-11?;. The molecule has 248 valence electrons. The zero-order chi connectivity index (χ0) is 33.0. The van der Waals surface area contributed by atoms with E-state index in [1.54, 1.807) is 61.6 Å². The van der Waals surface area contributed by atoms with Crippen molar-refractivity contribution in [2.45, 2.75) is 146 Å². The van der Waals surface area contributed by atoms with Gasteiger partial charge in [-0.3, -0.25) is 9.79 Å². The molecule has 0 aromatic heterocycles. The van der Waals surface area contributed by atoms with Crippen molar-refractivity contribution in [1.29, 1.82) is 0 Å². The van der Waals surface area contributed by atoms with Crippen molar-refractivity contribution in [1.82, 2.24) is 4.90 Å². The van der Waals surface area contributed by atoms with Gasteiger partial charge in [-0.2, -0.15) is 0 Å². The van der Waals surface area contributed by atoms with Crippen LogP contribution in [0.2, 0.25) is 0 Å². The molecule has 2 aliphatic carbocycles. The van der Waals surface area contributed by atoms with E-state index in [2.05, 4.69) is 25.8 Å². The lowest BCUT2D eigenvalue weighted by Gasteiger charge is -2.30. The van der Waals surface area contributed by atoms with Crippen LogP contribution in [0.4, 0.5) is 9.59 Å². The maximum atomic E-state index is 12.7. The Morgan fingerprint density at radius 2 is 1.49 bits per heavy atom. The Bertz CT molecular complexity index is 924. The van der Waals surface area contributed by atoms with E-state index in [1.807, 2.05) is 13.0 Å². The third-order valence-corrected chi connectivity index (χ3v) is 8.41. The minimum absolute atomic E-state index is 0.0237. The normalized spacial score (nSPS) is 24.8. The van der Waals surface area contributed by atoms with Crippen molar-refractivity contribution >= 4 is 24.4 Å². The lowest BCUT2D eigenvalue weighted by atomic mass is 9.76. The molecule has 2 amide bonds. The minimum Gasteiger partial charge on any atom is -0.465 e. The zero-order valence-electron chi connectivity index (χ0n) is 29.4. The van der Waals surface area contributed by atoms with Gasteiger partial charge < -0.3 is 14.2 Å². The van der Waals surface area contributed by atoms with Crippen molar-refractivity contribution < 1.29 is 28.6 Å². The number of carbonyl (C=O) groups excluding carboxylic acids is 3. The molecule has 2 fully saturated rings. The third-order valence-electron chi connectivity index (χ3n) is 8.41. The van der Waals surface area contributed by atoms with Crippen molar-refractivity contribution in [3.63, 3.8) is 0 Å². The molecule has 8 nitrogen and oxygen atoms in total. The van der Waals surface area contributed by atoms with Crippen LogP contribution in [0.1, 0.15) is 134 Å². The Morgan fingerprint density at radius 3 is 1.91 bits per heavy atom. The molecule has 8 heteroatoms. The Labute approximate surface area is 262 Å². The fraction of sp³-hybridized carbons (Fsp3) is 0.829. The summed E-state index contributed by atoms with van der Waals surface area (Å²) in [5.74, 6) is 2.78. The largest absolute Gasteiger partial charge is 0.465 e. The number of rotatable bonds is 10. The van der Waals surface area contributed by atoms with Crippen molar-refractivity contribution in [2.24, 2.45) is 34.1 Å². The predicted octanol–water partition coefficient (Wildman–Crippen LogP) is 9.36. The van der Waals surface area contributed by atoms with Crippen LogP contribution in [-0.2, 0) is 19.0 Å². The maximum absolute atomic E-state index is 12.7. The monoisotopic (exact) mass is 606 g/mol. The molecule has 2 saturated carbocycles. The molecule has 0 bridgehead atoms. The van der Waals surface area contributed by atoms with Gasteiger partial charge in [-0.05, 0) is 118 Å². The second kappa shape index (κ2) is 17.2. The second-order valence-electron chi connectivity index (χ2n) is 14.3. The van der Waals surface area contributed by atoms with Gasteiger partial charge in [0.1, 0.15) is 16.6 Å². The Morgan fingerprint density at radius 1 is 0.953 bits per heavy atom. The van der Waals surface area contributed by atoms with Crippen molar-refractivity contribution in [3.8, 4) is 0 Å². The minimum atomic E-state index is -0.764. The van der Waals surface area contributed by atoms with Crippen molar-refractivity contribution in [2.75, 3.05) is 13.2 Å². The van der Waals surface area contributed by atoms with E-state index in [-0.39, 0.29) is 18.4 Å². The summed E-state index contributed by atoms with van der Waals surface area (Å²) in [4.78, 5) is 43.4. The lowest BCUT2D eigenvalue weighted by molar-refractivity contribution is -0.148. The van der Waals surface area contributed by atoms with Gasteiger partial charge in [0, 0.05) is 12.8 Å². The molecule has 3 unspecified atom stereocenters. The van der Waals surface area contributed by atoms with E-state index < -0.39 is 28.8 Å². The van der Waals surface area contributed by atoms with Crippen LogP contribution in [0.25, 0.3) is 0 Å². The average Bonchev–Trinajstić information content (AvgIpc) is 3.63. The molecule has 2 rings (SSSR count). The number of imide groups is 1. The van der Waals surface area contributed by atoms with Gasteiger partial charge >= 0.3 is 18.2 Å². The Kier molecular flexibility index (Phi) is 15.5. The molecule has 0 aromatic rings. The van der Waals surface area contributed by atoms with Crippen LogP contribution in [0, 0.1) is 29.1 Å². The molecule has 43 heavy (non-hydrogen) atoms. The number of ether oxygens (including phenoxy) is 3. The average molecular weight is 607 g/mol. The Balaban J connectivity index is 0.000000699. The van der Waals surface area contributed by atoms with Crippen LogP contribution >= 0.6 is 0 Å². The van der Waals surface area contributed by atoms with Gasteiger partial charge in [-0.1, -0.05) is 46.1 Å². The first-order chi connectivity index (χ1) is 19.9. The first kappa shape index (κ1) is 38.6. The van der Waals surface area contributed by atoms with Crippen LogP contribution in [0.15, 0.2) is 16.8 Å². The summed E-state index contributed by atoms with van der Waals surface area (Å²) in [5, 5.41) is 0. The van der Waals surface area contributed by atoms with E-state index in [0.29, 0.717) is 31.6 Å². The molecule has 2 aliphatic rings. The van der Waals surface area contributed by atoms with E-state index in [1.165, 1.54) is 32.1 Å². The maximum Gasteiger partial charge on any atom is 0.419 e. The molecule has 0 aromatic carbocycles. The lowest BCUT2D eigenvalue weighted by Crippen LogP contribution is -2.44. The molecular weight excluding hydrogens is 544 g/mol. The molecule has 0 radical (unpaired) electrons. The second-order valence-corrected chi connectivity index (χ2v) is 14.3. The smallest absolute Gasteiger partial charge is 0.419 e. The number of amides is 2. The van der Waals surface area contributed by atoms with Gasteiger partial charge in [-0.15, -0.1) is 0 Å². The predicted molar refractivity (Wildman–Crippen MR) is 174 cm³/mol. The fourth-order valence-electron chi connectivity index (χ4n) is 5.77. The number of nitrogens with zero attached hydrogens (tertiary/aromatic N) is 2. The number of hydrogen-bond acceptors (Lipinski definition) is 7. The summed E-state index contributed by atoms with van der Waals surface area (Å²) < 4.78 is 16.1. The molecule has 0 spiro atoms. The summed E-state index contributed by atoms with van der Waals surface area (Å²) in [6.07, 6.45) is 11.1. The van der Waals surface area contributed by atoms with Gasteiger partial charge in [0.25, 0.3) is 0 Å². The van der Waals surface area contributed by atoms with Gasteiger partial charge in [0.15, 0.2) is 0 Å². The summed E-state index contributed by atoms with van der Waals surface area (Å²) in [6.45, 7) is 23.4. The summed E-state index contributed by atoms with van der Waals surface area (Å²) in [5.41, 5.74) is -1.56. The summed E-state index contributed by atoms with van der Waals surface area (Å²) >= 11 is 0. The third kappa shape index (κ3) is 12.6. The quantitative estimate of drug-likeness (QED) is 0.140. The highest BCUT2D eigenvalue weighted by molar-refractivity contribution is 5.88. The molecular formula is C35H62N2O6. The van der Waals surface area contributed by atoms with E-state index in [9.17, 15) is 14.4 Å². The first-order valence-corrected chi connectivity index (χ1v) is 16.5. The van der Waals surface area contributed by atoms with Gasteiger partial charge in [0.05, 0.1) is 12.3 Å². The topological polar surface area (TPSA) is 94.5 Å². The summed E-state index contributed by atoms with van der Waals surface area (Å²) in [6, 6.07) is 0. The van der Waals surface area contributed by atoms with Gasteiger partial charge in [0.2, 0.25) is 0 Å². The number of allylic oxidation sites excluding steroid dienone is 1. The van der Waals surface area contributed by atoms with E-state index in [4.69, 9.17) is 14.2 Å². The molecule has 0 aliphatic heterocycles. The molecule has 3 atom stereocenters. The van der Waals surface area contributed by atoms with Crippen LogP contribution < -0.4 is 0 Å². The van der Waals surface area contributed by atoms with E-state index >= 15 is 0 Å². The van der Waals surface area contributed by atoms with Crippen LogP contribution in [0.5, 0.6) is 0 Å². The number of carbonyl (C=O) groups is 3. The SMILES string of the molecule is CC=N/C(=C\C)C1(C(=O)OCC)CC1CCCN(C(=O)OC(C)(C)C)C(=O)OC(C)(C)C.CCC(C)C1CCC(C)CC1. The van der Waals surface area contributed by atoms with Crippen molar-refractivity contribution in [3.05, 3.63) is 11.8 Å². The zero-order valence-corrected chi connectivity index (χ0v) is 29.4. The highest BCUT2D eigenvalue weighted by Crippen LogP contribution is 2.61. The molecule has 0 saturated heterocycles. The van der Waals surface area contributed by atoms with Gasteiger partial charge in [-0.25, -0.2) is 14.5 Å². The number of hydrogen-bond donors (Lipinski definition) is 0. The first-order valence-electron chi connectivity index (χ1n) is 16.5. The fourth-order valence-corrected chi connectivity index (χ4v) is 5.77. The Hall–Kier alpha value is -2.38. The summed E-state index contributed by atoms with van der Waals surface area (Å²) in [7, 11) is 0.